The molecule has 24 heavy (non-hydrogen) atoms. The first-order valence-corrected chi connectivity index (χ1v) is 8.88. The van der Waals surface area contributed by atoms with Gasteiger partial charge in [-0.05, 0) is 32.1 Å². The number of urea groups is 1. The summed E-state index contributed by atoms with van der Waals surface area (Å²) in [6.45, 7) is 6.79. The van der Waals surface area contributed by atoms with Crippen LogP contribution >= 0.6 is 0 Å². The fraction of sp³-hybridized carbons (Fsp3) is 0.765. The molecule has 7 nitrogen and oxygen atoms in total. The third-order valence-electron chi connectivity index (χ3n) is 4.89. The second kappa shape index (κ2) is 7.53. The van der Waals surface area contributed by atoms with Crippen LogP contribution in [0.2, 0.25) is 0 Å². The Balaban J connectivity index is 1.51. The van der Waals surface area contributed by atoms with Crippen LogP contribution in [0.4, 0.5) is 4.79 Å². The van der Waals surface area contributed by atoms with E-state index < -0.39 is 5.79 Å². The van der Waals surface area contributed by atoms with Crippen molar-refractivity contribution in [3.8, 4) is 0 Å². The molecule has 0 saturated carbocycles. The van der Waals surface area contributed by atoms with E-state index in [1.54, 1.807) is 0 Å². The lowest BCUT2D eigenvalue weighted by molar-refractivity contribution is -0.153. The lowest BCUT2D eigenvalue weighted by atomic mass is 9.98. The van der Waals surface area contributed by atoms with Gasteiger partial charge in [-0.2, -0.15) is 5.10 Å². The molecule has 0 spiro atoms. The molecule has 2 atom stereocenters. The summed E-state index contributed by atoms with van der Waals surface area (Å²) in [6.07, 6.45) is 7.66. The molecule has 3 heterocycles. The zero-order valence-electron chi connectivity index (χ0n) is 14.6. The normalized spacial score (nSPS) is 24.8. The molecule has 2 saturated heterocycles. The van der Waals surface area contributed by atoms with Crippen molar-refractivity contribution in [2.45, 2.75) is 51.4 Å². The van der Waals surface area contributed by atoms with Gasteiger partial charge in [0, 0.05) is 31.3 Å². The number of amides is 2. The molecule has 2 aliphatic rings. The lowest BCUT2D eigenvalue weighted by Crippen LogP contribution is -2.46. The van der Waals surface area contributed by atoms with E-state index in [2.05, 4.69) is 22.4 Å². The predicted molar refractivity (Wildman–Crippen MR) is 89.4 cm³/mol. The van der Waals surface area contributed by atoms with Crippen LogP contribution in [0.5, 0.6) is 0 Å². The molecule has 134 valence electrons. The van der Waals surface area contributed by atoms with Crippen molar-refractivity contribution in [3.63, 3.8) is 0 Å². The molecule has 0 aromatic carbocycles. The van der Waals surface area contributed by atoms with Gasteiger partial charge in [-0.15, -0.1) is 0 Å². The van der Waals surface area contributed by atoms with Crippen molar-refractivity contribution < 1.29 is 14.3 Å². The third-order valence-corrected chi connectivity index (χ3v) is 4.89. The van der Waals surface area contributed by atoms with E-state index in [1.165, 1.54) is 0 Å². The smallest absolute Gasteiger partial charge is 0.317 e. The molecule has 0 aliphatic carbocycles. The number of carbonyl (C=O) groups is 1. The van der Waals surface area contributed by atoms with Gasteiger partial charge in [0.25, 0.3) is 0 Å². The van der Waals surface area contributed by atoms with Gasteiger partial charge in [-0.3, -0.25) is 5.10 Å². The topological polar surface area (TPSA) is 79.5 Å². The second-order valence-electron chi connectivity index (χ2n) is 7.06. The van der Waals surface area contributed by atoms with Crippen molar-refractivity contribution in [3.05, 3.63) is 18.0 Å². The largest absolute Gasteiger partial charge is 0.348 e. The van der Waals surface area contributed by atoms with Crippen LogP contribution in [-0.2, 0) is 9.47 Å². The number of aromatic amines is 1. The Labute approximate surface area is 143 Å². The number of hydrogen-bond donors (Lipinski definition) is 2. The minimum atomic E-state index is -0.505. The van der Waals surface area contributed by atoms with Gasteiger partial charge in [0.05, 0.1) is 25.5 Å². The number of hydrogen-bond acceptors (Lipinski definition) is 4. The number of rotatable bonds is 5. The molecule has 0 radical (unpaired) electrons. The average Bonchev–Trinajstić information content (AvgIpc) is 3.24. The SMILES string of the molecule is C[C@H](CNC(=O)N1CCCC[C@@H]1c1cn[nH]c1)CC1(C)OCCO1. The number of ether oxygens (including phenoxy) is 2. The Hall–Kier alpha value is -1.60. The summed E-state index contributed by atoms with van der Waals surface area (Å²) in [5.41, 5.74) is 1.08. The number of piperidine rings is 1. The van der Waals surface area contributed by atoms with Crippen LogP contribution in [-0.4, -0.2) is 53.2 Å². The van der Waals surface area contributed by atoms with Crippen molar-refractivity contribution in [2.75, 3.05) is 26.3 Å². The molecule has 2 N–H and O–H groups in total. The van der Waals surface area contributed by atoms with Crippen molar-refractivity contribution in [1.29, 1.82) is 0 Å². The molecule has 1 aromatic heterocycles. The van der Waals surface area contributed by atoms with E-state index in [0.717, 1.165) is 37.8 Å². The monoisotopic (exact) mass is 336 g/mol. The number of H-pyrrole nitrogens is 1. The molecule has 2 fully saturated rings. The standard InChI is InChI=1S/C17H28N4O3/c1-13(9-17(2)23-7-8-24-17)10-18-16(22)21-6-4-3-5-15(21)14-11-19-20-12-14/h11-13,15H,3-10H2,1-2H3,(H,18,22)(H,19,20)/t13-,15+/m0/s1. The summed E-state index contributed by atoms with van der Waals surface area (Å²) in [6, 6.07) is 0.123. The van der Waals surface area contributed by atoms with Gasteiger partial charge in [0.1, 0.15) is 0 Å². The number of likely N-dealkylation sites (tertiary alicyclic amines) is 1. The highest BCUT2D eigenvalue weighted by atomic mass is 16.7. The minimum absolute atomic E-state index is 0.00571. The fourth-order valence-corrected chi connectivity index (χ4v) is 3.71. The van der Waals surface area contributed by atoms with Crippen LogP contribution in [0, 0.1) is 5.92 Å². The Kier molecular flexibility index (Phi) is 5.40. The maximum atomic E-state index is 12.6. The molecule has 2 aliphatic heterocycles. The Morgan fingerprint density at radius 2 is 2.29 bits per heavy atom. The third kappa shape index (κ3) is 4.08. The Bertz CT molecular complexity index is 528. The van der Waals surface area contributed by atoms with Gasteiger partial charge >= 0.3 is 6.03 Å². The maximum absolute atomic E-state index is 12.6. The van der Waals surface area contributed by atoms with E-state index in [-0.39, 0.29) is 18.0 Å². The second-order valence-corrected chi connectivity index (χ2v) is 7.06. The van der Waals surface area contributed by atoms with E-state index in [0.29, 0.717) is 19.8 Å². The highest BCUT2D eigenvalue weighted by Crippen LogP contribution is 2.30. The number of carbonyl (C=O) groups excluding carboxylic acids is 1. The molecular weight excluding hydrogens is 308 g/mol. The predicted octanol–water partition coefficient (Wildman–Crippen LogP) is 2.44. The first kappa shape index (κ1) is 17.2. The first-order valence-electron chi connectivity index (χ1n) is 8.88. The molecular formula is C17H28N4O3. The number of nitrogens with one attached hydrogen (secondary N) is 2. The molecule has 1 aromatic rings. The van der Waals surface area contributed by atoms with Gasteiger partial charge in [0.15, 0.2) is 5.79 Å². The highest BCUT2D eigenvalue weighted by Gasteiger charge is 2.33. The molecule has 0 bridgehead atoms. The van der Waals surface area contributed by atoms with Crippen LogP contribution in [0.15, 0.2) is 12.4 Å². The molecule has 2 amide bonds. The number of aromatic nitrogens is 2. The van der Waals surface area contributed by atoms with Gasteiger partial charge < -0.3 is 19.7 Å². The molecule has 7 heteroatoms. The van der Waals surface area contributed by atoms with Crippen molar-refractivity contribution in [1.82, 2.24) is 20.4 Å². The average molecular weight is 336 g/mol. The molecule has 3 rings (SSSR count). The summed E-state index contributed by atoms with van der Waals surface area (Å²) < 4.78 is 11.3. The van der Waals surface area contributed by atoms with Gasteiger partial charge in [-0.1, -0.05) is 6.92 Å². The van der Waals surface area contributed by atoms with E-state index in [9.17, 15) is 4.79 Å². The summed E-state index contributed by atoms with van der Waals surface area (Å²) in [7, 11) is 0. The Morgan fingerprint density at radius 3 is 3.00 bits per heavy atom. The molecule has 0 unspecified atom stereocenters. The first-order chi connectivity index (χ1) is 11.6. The quantitative estimate of drug-likeness (QED) is 0.865. The Morgan fingerprint density at radius 1 is 1.50 bits per heavy atom. The van der Waals surface area contributed by atoms with E-state index in [1.807, 2.05) is 24.2 Å². The summed E-state index contributed by atoms with van der Waals surface area (Å²) in [4.78, 5) is 14.6. The van der Waals surface area contributed by atoms with E-state index >= 15 is 0 Å². The highest BCUT2D eigenvalue weighted by molar-refractivity contribution is 5.74. The van der Waals surface area contributed by atoms with Crippen LogP contribution < -0.4 is 5.32 Å². The van der Waals surface area contributed by atoms with Gasteiger partial charge in [0.2, 0.25) is 0 Å². The van der Waals surface area contributed by atoms with Crippen molar-refractivity contribution >= 4 is 6.03 Å². The van der Waals surface area contributed by atoms with Crippen molar-refractivity contribution in [2.24, 2.45) is 5.92 Å². The van der Waals surface area contributed by atoms with Crippen LogP contribution in [0.3, 0.4) is 0 Å². The van der Waals surface area contributed by atoms with Crippen LogP contribution in [0.1, 0.15) is 51.1 Å². The minimum Gasteiger partial charge on any atom is -0.348 e. The lowest BCUT2D eigenvalue weighted by Gasteiger charge is -2.35. The summed E-state index contributed by atoms with van der Waals surface area (Å²) in [5.74, 6) is -0.219. The summed E-state index contributed by atoms with van der Waals surface area (Å²) >= 11 is 0. The zero-order valence-corrected chi connectivity index (χ0v) is 14.6. The number of nitrogens with zero attached hydrogens (tertiary/aromatic N) is 2. The van der Waals surface area contributed by atoms with Gasteiger partial charge in [-0.25, -0.2) is 4.79 Å². The van der Waals surface area contributed by atoms with Crippen LogP contribution in [0.25, 0.3) is 0 Å². The zero-order chi connectivity index (χ0) is 17.0. The summed E-state index contributed by atoms with van der Waals surface area (Å²) in [5, 5.41) is 9.94. The fourth-order valence-electron chi connectivity index (χ4n) is 3.71. The van der Waals surface area contributed by atoms with E-state index in [4.69, 9.17) is 9.47 Å². The maximum Gasteiger partial charge on any atom is 0.317 e.